The monoisotopic (exact) mass is 103 g/mol. The number of halogens is 1. The van der Waals surface area contributed by atoms with Crippen LogP contribution in [0.25, 0.3) is 0 Å². The van der Waals surface area contributed by atoms with Crippen LogP contribution in [0.4, 0.5) is 0 Å². The minimum atomic E-state index is 1.00. The molecule has 0 rings (SSSR count). The summed E-state index contributed by atoms with van der Waals surface area (Å²) in [6.45, 7) is 4.00. The van der Waals surface area contributed by atoms with Crippen LogP contribution in [-0.2, 0) is 0 Å². The fourth-order valence-electron chi connectivity index (χ4n) is 0.0668. The first-order valence-electron chi connectivity index (χ1n) is 2.00. The van der Waals surface area contributed by atoms with E-state index in [4.69, 9.17) is 11.6 Å². The Morgan fingerprint density at radius 3 is 2.33 bits per heavy atom. The molecule has 0 saturated carbocycles. The summed E-state index contributed by atoms with van der Waals surface area (Å²) in [6, 6.07) is 0. The number of hydrogen-bond acceptors (Lipinski definition) is 0. The van der Waals surface area contributed by atoms with E-state index < -0.39 is 0 Å². The second-order valence-corrected chi connectivity index (χ2v) is 1.42. The van der Waals surface area contributed by atoms with Gasteiger partial charge in [-0.05, 0) is 13.3 Å². The topological polar surface area (TPSA) is 0 Å². The average molecular weight is 104 g/mol. The van der Waals surface area contributed by atoms with Crippen molar-refractivity contribution in [2.24, 2.45) is 0 Å². The van der Waals surface area contributed by atoms with E-state index in [9.17, 15) is 0 Å². The minimum absolute atomic E-state index is 1.00. The minimum Gasteiger partial charge on any atom is -0.0828 e. The van der Waals surface area contributed by atoms with E-state index in [1.54, 1.807) is 0 Å². The van der Waals surface area contributed by atoms with Crippen molar-refractivity contribution in [3.63, 3.8) is 0 Å². The van der Waals surface area contributed by atoms with Gasteiger partial charge in [-0.1, -0.05) is 24.1 Å². The third kappa shape index (κ3) is 2.28. The van der Waals surface area contributed by atoms with Crippen molar-refractivity contribution in [3.05, 3.63) is 11.1 Å². The Bertz CT molecular complexity index is 55.0. The molecule has 0 unspecified atom stereocenters. The first-order valence-corrected chi connectivity index (χ1v) is 2.38. The van der Waals surface area contributed by atoms with Crippen molar-refractivity contribution in [1.29, 1.82) is 0 Å². The average Bonchev–Trinajstić information content (AvgIpc) is 1.65. The quantitative estimate of drug-likeness (QED) is 0.478. The molecule has 6 heavy (non-hydrogen) atoms. The molecule has 0 aliphatic heterocycles. The van der Waals surface area contributed by atoms with Crippen LogP contribution in [0.5, 0.6) is 0 Å². The second kappa shape index (κ2) is 3.23. The van der Waals surface area contributed by atoms with Crippen LogP contribution >= 0.6 is 11.6 Å². The maximum Gasteiger partial charge on any atom is 0.0580 e. The molecular formula is C5H8Cl. The molecule has 0 amide bonds. The Balaban J connectivity index is 3.22. The molecule has 35 valence electrons. The molecule has 0 atom stereocenters. The highest BCUT2D eigenvalue weighted by atomic mass is 35.5. The normalized spacial score (nSPS) is 12.2. The molecule has 0 spiro atoms. The van der Waals surface area contributed by atoms with E-state index in [1.165, 1.54) is 0 Å². The van der Waals surface area contributed by atoms with Crippen molar-refractivity contribution in [1.82, 2.24) is 0 Å². The molecule has 0 aliphatic rings. The fraction of sp³-hybridized carbons (Fsp3) is 0.600. The van der Waals surface area contributed by atoms with Crippen molar-refractivity contribution in [2.45, 2.75) is 20.3 Å². The summed E-state index contributed by atoms with van der Waals surface area (Å²) >= 11 is 5.17. The van der Waals surface area contributed by atoms with Gasteiger partial charge in [-0.15, -0.1) is 0 Å². The summed E-state index contributed by atoms with van der Waals surface area (Å²) in [4.78, 5) is 0. The van der Waals surface area contributed by atoms with Crippen LogP contribution < -0.4 is 0 Å². The van der Waals surface area contributed by atoms with Gasteiger partial charge in [-0.25, -0.2) is 0 Å². The third-order valence-corrected chi connectivity index (χ3v) is 1.01. The third-order valence-electron chi connectivity index (χ3n) is 0.692. The van der Waals surface area contributed by atoms with Crippen LogP contribution in [-0.4, -0.2) is 0 Å². The molecule has 0 aromatic heterocycles. The summed E-state index contributed by atoms with van der Waals surface area (Å²) in [6.07, 6.45) is 1.00. The van der Waals surface area contributed by atoms with Crippen molar-refractivity contribution in [3.8, 4) is 0 Å². The van der Waals surface area contributed by atoms with Crippen LogP contribution in [0, 0.1) is 5.54 Å². The Hall–Kier alpha value is 0.0300. The smallest absolute Gasteiger partial charge is 0.0580 e. The van der Waals surface area contributed by atoms with E-state index in [2.05, 4.69) is 5.54 Å². The van der Waals surface area contributed by atoms with E-state index >= 15 is 0 Å². The zero-order chi connectivity index (χ0) is 4.99. The largest absolute Gasteiger partial charge is 0.0828 e. The van der Waals surface area contributed by atoms with Gasteiger partial charge in [0, 0.05) is 0 Å². The molecule has 0 nitrogen and oxygen atoms in total. The molecule has 1 radical (unpaired) electrons. The number of hydrogen-bond donors (Lipinski definition) is 0. The molecule has 0 aromatic rings. The van der Waals surface area contributed by atoms with E-state index in [0.717, 1.165) is 12.0 Å². The number of rotatable bonds is 1. The van der Waals surface area contributed by atoms with E-state index in [0.29, 0.717) is 0 Å². The predicted octanol–water partition coefficient (Wildman–Crippen LogP) is 2.34. The highest BCUT2D eigenvalue weighted by molar-refractivity contribution is 6.22. The van der Waals surface area contributed by atoms with Gasteiger partial charge in [0.15, 0.2) is 0 Å². The molecule has 0 saturated heterocycles. The highest BCUT2D eigenvalue weighted by Crippen LogP contribution is 1.96. The lowest BCUT2D eigenvalue weighted by Crippen LogP contribution is -1.63. The van der Waals surface area contributed by atoms with Crippen LogP contribution in [0.2, 0.25) is 0 Å². The van der Waals surface area contributed by atoms with Gasteiger partial charge in [-0.2, -0.15) is 0 Å². The Kier molecular flexibility index (Phi) is 3.24. The second-order valence-electron chi connectivity index (χ2n) is 1.23. The summed E-state index contributed by atoms with van der Waals surface area (Å²) in [7, 11) is 0. The lowest BCUT2D eigenvalue weighted by Gasteiger charge is -1.82. The molecule has 0 fully saturated rings. The van der Waals surface area contributed by atoms with Gasteiger partial charge in [-0.3, -0.25) is 0 Å². The van der Waals surface area contributed by atoms with E-state index in [1.807, 2.05) is 13.8 Å². The SMILES string of the molecule is CC/C(C)=[C]\Cl. The summed E-state index contributed by atoms with van der Waals surface area (Å²) in [5.41, 5.74) is 3.61. The Morgan fingerprint density at radius 1 is 1.83 bits per heavy atom. The van der Waals surface area contributed by atoms with Crippen molar-refractivity contribution < 1.29 is 0 Å². The lowest BCUT2D eigenvalue weighted by molar-refractivity contribution is 1.10. The Morgan fingerprint density at radius 2 is 2.33 bits per heavy atom. The van der Waals surface area contributed by atoms with Gasteiger partial charge in [0.2, 0.25) is 0 Å². The summed E-state index contributed by atoms with van der Waals surface area (Å²) in [5.74, 6) is 0. The fourth-order valence-corrected chi connectivity index (χ4v) is 0.200. The zero-order valence-corrected chi connectivity index (χ0v) is 4.84. The zero-order valence-electron chi connectivity index (χ0n) is 4.09. The standard InChI is InChI=1S/C5H8Cl/c1-3-5(2)4-6/h3H2,1-2H3. The molecule has 0 bridgehead atoms. The molecule has 0 aliphatic carbocycles. The van der Waals surface area contributed by atoms with Crippen molar-refractivity contribution in [2.75, 3.05) is 0 Å². The lowest BCUT2D eigenvalue weighted by atomic mass is 10.3. The van der Waals surface area contributed by atoms with Gasteiger partial charge in [0.25, 0.3) is 0 Å². The molecule has 1 heteroatoms. The molecule has 0 aromatic carbocycles. The van der Waals surface area contributed by atoms with Gasteiger partial charge >= 0.3 is 0 Å². The molecule has 0 heterocycles. The van der Waals surface area contributed by atoms with Crippen molar-refractivity contribution >= 4 is 11.6 Å². The molecule has 0 N–H and O–H groups in total. The maximum atomic E-state index is 5.17. The first-order chi connectivity index (χ1) is 2.81. The predicted molar refractivity (Wildman–Crippen MR) is 28.6 cm³/mol. The van der Waals surface area contributed by atoms with Gasteiger partial charge < -0.3 is 0 Å². The summed E-state index contributed by atoms with van der Waals surface area (Å²) < 4.78 is 0. The van der Waals surface area contributed by atoms with Gasteiger partial charge in [0.05, 0.1) is 5.54 Å². The first kappa shape index (κ1) is 6.03. The van der Waals surface area contributed by atoms with Crippen LogP contribution in [0.3, 0.4) is 0 Å². The maximum absolute atomic E-state index is 5.17. The van der Waals surface area contributed by atoms with E-state index in [-0.39, 0.29) is 0 Å². The highest BCUT2D eigenvalue weighted by Gasteiger charge is 1.75. The van der Waals surface area contributed by atoms with Gasteiger partial charge in [0.1, 0.15) is 0 Å². The summed E-state index contributed by atoms with van der Waals surface area (Å²) in [5, 5.41) is 0. The number of allylic oxidation sites excluding steroid dienone is 1. The van der Waals surface area contributed by atoms with Crippen LogP contribution in [0.15, 0.2) is 5.57 Å². The molecular weight excluding hydrogens is 95.5 g/mol. The Labute approximate surface area is 43.8 Å². The van der Waals surface area contributed by atoms with Crippen LogP contribution in [0.1, 0.15) is 20.3 Å².